The van der Waals surface area contributed by atoms with Gasteiger partial charge < -0.3 is 5.32 Å². The van der Waals surface area contributed by atoms with E-state index in [0.717, 1.165) is 31.8 Å². The highest BCUT2D eigenvalue weighted by Crippen LogP contribution is 2.12. The Bertz CT molecular complexity index is 342. The Morgan fingerprint density at radius 1 is 1.28 bits per heavy atom. The maximum absolute atomic E-state index is 4.60. The zero-order valence-electron chi connectivity index (χ0n) is 12.7. The van der Waals surface area contributed by atoms with Gasteiger partial charge in [0.2, 0.25) is 0 Å². The molecule has 0 saturated heterocycles. The van der Waals surface area contributed by atoms with E-state index in [4.69, 9.17) is 0 Å². The first-order valence-corrected chi connectivity index (χ1v) is 7.35. The van der Waals surface area contributed by atoms with Gasteiger partial charge >= 0.3 is 0 Å². The molecule has 0 amide bonds. The molecule has 1 atom stereocenters. The molecule has 1 unspecified atom stereocenters. The van der Waals surface area contributed by atoms with Gasteiger partial charge in [0.1, 0.15) is 0 Å². The molecule has 1 aromatic heterocycles. The summed E-state index contributed by atoms with van der Waals surface area (Å²) >= 11 is 0. The van der Waals surface area contributed by atoms with Crippen molar-refractivity contribution >= 4 is 0 Å². The van der Waals surface area contributed by atoms with Crippen LogP contribution in [-0.2, 0) is 19.4 Å². The number of nitrogens with zero attached hydrogens (tertiary/aromatic N) is 2. The molecule has 1 rings (SSSR count). The second-order valence-corrected chi connectivity index (χ2v) is 5.50. The summed E-state index contributed by atoms with van der Waals surface area (Å²) < 4.78 is 2.15. The predicted molar refractivity (Wildman–Crippen MR) is 77.9 cm³/mol. The van der Waals surface area contributed by atoms with Gasteiger partial charge in [0.25, 0.3) is 0 Å². The van der Waals surface area contributed by atoms with Crippen LogP contribution in [0.25, 0.3) is 0 Å². The van der Waals surface area contributed by atoms with E-state index < -0.39 is 0 Å². The van der Waals surface area contributed by atoms with Crippen molar-refractivity contribution in [2.24, 2.45) is 5.92 Å². The van der Waals surface area contributed by atoms with E-state index in [2.05, 4.69) is 55.8 Å². The Morgan fingerprint density at radius 2 is 2.00 bits per heavy atom. The van der Waals surface area contributed by atoms with E-state index in [1.807, 2.05) is 0 Å². The Kier molecular flexibility index (Phi) is 6.41. The third-order valence-corrected chi connectivity index (χ3v) is 3.34. The fraction of sp³-hybridized carbons (Fsp3) is 0.800. The fourth-order valence-electron chi connectivity index (χ4n) is 2.10. The molecular formula is C15H29N3. The molecule has 1 heterocycles. The van der Waals surface area contributed by atoms with Gasteiger partial charge in [0.15, 0.2) is 0 Å². The van der Waals surface area contributed by atoms with Crippen molar-refractivity contribution < 1.29 is 0 Å². The number of rotatable bonds is 8. The summed E-state index contributed by atoms with van der Waals surface area (Å²) in [7, 11) is 0. The maximum atomic E-state index is 4.60. The third-order valence-electron chi connectivity index (χ3n) is 3.34. The SMILES string of the molecule is CCc1cc(CCC(C)CNC(C)C)n(CC)n1. The van der Waals surface area contributed by atoms with Gasteiger partial charge in [-0.15, -0.1) is 0 Å². The largest absolute Gasteiger partial charge is 0.314 e. The second kappa shape index (κ2) is 7.57. The lowest BCUT2D eigenvalue weighted by molar-refractivity contribution is 0.447. The number of aromatic nitrogens is 2. The van der Waals surface area contributed by atoms with Crippen molar-refractivity contribution in [3.63, 3.8) is 0 Å². The molecule has 0 spiro atoms. The van der Waals surface area contributed by atoms with Crippen molar-refractivity contribution in [1.29, 1.82) is 0 Å². The topological polar surface area (TPSA) is 29.9 Å². The van der Waals surface area contributed by atoms with Crippen LogP contribution in [-0.4, -0.2) is 22.4 Å². The molecule has 0 saturated carbocycles. The number of hydrogen-bond acceptors (Lipinski definition) is 2. The zero-order valence-corrected chi connectivity index (χ0v) is 12.7. The van der Waals surface area contributed by atoms with Gasteiger partial charge in [-0.1, -0.05) is 27.7 Å². The number of aryl methyl sites for hydroxylation is 3. The smallest absolute Gasteiger partial charge is 0.0624 e. The lowest BCUT2D eigenvalue weighted by Gasteiger charge is -2.15. The number of nitrogens with one attached hydrogen (secondary N) is 1. The fourth-order valence-corrected chi connectivity index (χ4v) is 2.10. The molecule has 0 fully saturated rings. The van der Waals surface area contributed by atoms with Crippen molar-refractivity contribution in [3.8, 4) is 0 Å². The van der Waals surface area contributed by atoms with E-state index in [1.54, 1.807) is 0 Å². The molecule has 1 N–H and O–H groups in total. The first-order chi connectivity index (χ1) is 8.56. The normalized spacial score (nSPS) is 13.2. The standard InChI is InChI=1S/C15H29N3/c1-6-14-10-15(18(7-2)17-14)9-8-13(5)11-16-12(3)4/h10,12-13,16H,6-9,11H2,1-5H3. The summed E-state index contributed by atoms with van der Waals surface area (Å²) in [4.78, 5) is 0. The highest BCUT2D eigenvalue weighted by Gasteiger charge is 2.08. The quantitative estimate of drug-likeness (QED) is 0.769. The second-order valence-electron chi connectivity index (χ2n) is 5.50. The van der Waals surface area contributed by atoms with Crippen LogP contribution < -0.4 is 5.32 Å². The van der Waals surface area contributed by atoms with Crippen LogP contribution in [0.3, 0.4) is 0 Å². The van der Waals surface area contributed by atoms with Gasteiger partial charge in [0.05, 0.1) is 5.69 Å². The van der Waals surface area contributed by atoms with Gasteiger partial charge in [-0.25, -0.2) is 0 Å². The summed E-state index contributed by atoms with van der Waals surface area (Å²) in [6, 6.07) is 2.85. The lowest BCUT2D eigenvalue weighted by Crippen LogP contribution is -2.28. The molecule has 3 nitrogen and oxygen atoms in total. The summed E-state index contributed by atoms with van der Waals surface area (Å²) in [5.74, 6) is 0.720. The highest BCUT2D eigenvalue weighted by molar-refractivity contribution is 5.10. The van der Waals surface area contributed by atoms with Crippen molar-refractivity contribution in [3.05, 3.63) is 17.5 Å². The van der Waals surface area contributed by atoms with Crippen LogP contribution in [0, 0.1) is 5.92 Å². The van der Waals surface area contributed by atoms with Gasteiger partial charge in [0, 0.05) is 18.3 Å². The third kappa shape index (κ3) is 4.81. The van der Waals surface area contributed by atoms with E-state index >= 15 is 0 Å². The maximum Gasteiger partial charge on any atom is 0.0624 e. The van der Waals surface area contributed by atoms with Crippen molar-refractivity contribution in [2.75, 3.05) is 6.54 Å². The van der Waals surface area contributed by atoms with E-state index in [-0.39, 0.29) is 0 Å². The minimum absolute atomic E-state index is 0.584. The first kappa shape index (κ1) is 15.2. The molecule has 0 aliphatic carbocycles. The average Bonchev–Trinajstić information content (AvgIpc) is 2.76. The van der Waals surface area contributed by atoms with Crippen LogP contribution in [0.5, 0.6) is 0 Å². The molecule has 0 bridgehead atoms. The highest BCUT2D eigenvalue weighted by atomic mass is 15.3. The Balaban J connectivity index is 2.44. The van der Waals surface area contributed by atoms with Crippen LogP contribution in [0.2, 0.25) is 0 Å². The summed E-state index contributed by atoms with van der Waals surface area (Å²) in [5, 5.41) is 8.10. The van der Waals surface area contributed by atoms with Crippen molar-refractivity contribution in [2.45, 2.75) is 66.5 Å². The average molecular weight is 251 g/mol. The Morgan fingerprint density at radius 3 is 2.56 bits per heavy atom. The summed E-state index contributed by atoms with van der Waals surface area (Å²) in [6.45, 7) is 13.1. The van der Waals surface area contributed by atoms with Crippen LogP contribution in [0.15, 0.2) is 6.07 Å². The molecule has 0 radical (unpaired) electrons. The summed E-state index contributed by atoms with van der Waals surface area (Å²) in [6.07, 6.45) is 3.40. The van der Waals surface area contributed by atoms with Crippen molar-refractivity contribution in [1.82, 2.24) is 15.1 Å². The predicted octanol–water partition coefficient (Wildman–Crippen LogP) is 3.03. The molecule has 18 heavy (non-hydrogen) atoms. The minimum atomic E-state index is 0.584. The van der Waals surface area contributed by atoms with Gasteiger partial charge in [-0.2, -0.15) is 5.10 Å². The molecular weight excluding hydrogens is 222 g/mol. The number of hydrogen-bond donors (Lipinski definition) is 1. The zero-order chi connectivity index (χ0) is 13.5. The molecule has 0 aliphatic heterocycles. The summed E-state index contributed by atoms with van der Waals surface area (Å²) in [5.41, 5.74) is 2.62. The molecule has 0 aliphatic rings. The Labute approximate surface area is 112 Å². The first-order valence-electron chi connectivity index (χ1n) is 7.35. The van der Waals surface area contributed by atoms with Crippen LogP contribution in [0.1, 0.15) is 52.4 Å². The van der Waals surface area contributed by atoms with E-state index in [0.29, 0.717) is 6.04 Å². The lowest BCUT2D eigenvalue weighted by atomic mass is 10.0. The monoisotopic (exact) mass is 251 g/mol. The van der Waals surface area contributed by atoms with E-state index in [9.17, 15) is 0 Å². The minimum Gasteiger partial charge on any atom is -0.314 e. The van der Waals surface area contributed by atoms with Crippen LogP contribution in [0.4, 0.5) is 0 Å². The van der Waals surface area contributed by atoms with Crippen LogP contribution >= 0.6 is 0 Å². The van der Waals surface area contributed by atoms with E-state index in [1.165, 1.54) is 17.8 Å². The molecule has 1 aromatic rings. The van der Waals surface area contributed by atoms with Gasteiger partial charge in [-0.3, -0.25) is 4.68 Å². The molecule has 0 aromatic carbocycles. The molecule has 3 heteroatoms. The van der Waals surface area contributed by atoms with Gasteiger partial charge in [-0.05, 0) is 44.7 Å². The Hall–Kier alpha value is -0.830. The molecule has 104 valence electrons.